The number of hydrogen-bond acceptors (Lipinski definition) is 4. The molecule has 0 aromatic heterocycles. The number of ether oxygens (including phenoxy) is 1. The molecule has 0 saturated carbocycles. The van der Waals surface area contributed by atoms with Gasteiger partial charge in [0, 0.05) is 17.8 Å². The van der Waals surface area contributed by atoms with Gasteiger partial charge in [0.2, 0.25) is 0 Å². The molecule has 0 radical (unpaired) electrons. The highest BCUT2D eigenvalue weighted by atomic mass is 32.2. The highest BCUT2D eigenvalue weighted by Gasteiger charge is 2.41. The van der Waals surface area contributed by atoms with E-state index < -0.39 is 9.84 Å². The molecule has 2 unspecified atom stereocenters. The van der Waals surface area contributed by atoms with Gasteiger partial charge >= 0.3 is 0 Å². The van der Waals surface area contributed by atoms with E-state index in [2.05, 4.69) is 0 Å². The summed E-state index contributed by atoms with van der Waals surface area (Å²) in [5, 5.41) is 9.44. The van der Waals surface area contributed by atoms with E-state index in [1.165, 1.54) is 0 Å². The number of sulfone groups is 1. The van der Waals surface area contributed by atoms with E-state index in [4.69, 9.17) is 4.74 Å². The molecule has 4 nitrogen and oxygen atoms in total. The first-order valence-corrected chi connectivity index (χ1v) is 7.71. The van der Waals surface area contributed by atoms with E-state index >= 15 is 0 Å². The summed E-state index contributed by atoms with van der Waals surface area (Å²) in [7, 11) is -2.96. The van der Waals surface area contributed by atoms with Gasteiger partial charge in [-0.3, -0.25) is 0 Å². The lowest BCUT2D eigenvalue weighted by Gasteiger charge is -2.29. The van der Waals surface area contributed by atoms with E-state index in [9.17, 15) is 13.5 Å². The molecule has 1 heterocycles. The van der Waals surface area contributed by atoms with Gasteiger partial charge in [-0.2, -0.15) is 0 Å². The van der Waals surface area contributed by atoms with Gasteiger partial charge in [0.25, 0.3) is 0 Å². The van der Waals surface area contributed by atoms with Crippen molar-refractivity contribution in [1.82, 2.24) is 0 Å². The molecule has 0 bridgehead atoms. The highest BCUT2D eigenvalue weighted by molar-refractivity contribution is 7.91. The number of rotatable bonds is 6. The molecule has 96 valence electrons. The molecule has 0 amide bonds. The Morgan fingerprint density at radius 1 is 1.44 bits per heavy atom. The maximum absolute atomic E-state index is 11.6. The first-order valence-electron chi connectivity index (χ1n) is 5.89. The first-order chi connectivity index (χ1) is 7.46. The zero-order valence-corrected chi connectivity index (χ0v) is 10.9. The largest absolute Gasteiger partial charge is 0.396 e. The summed E-state index contributed by atoms with van der Waals surface area (Å²) in [6, 6.07) is 0. The smallest absolute Gasteiger partial charge is 0.150 e. The highest BCUT2D eigenvalue weighted by Crippen LogP contribution is 2.38. The number of hydrogen-bond donors (Lipinski definition) is 1. The molecule has 1 aliphatic heterocycles. The van der Waals surface area contributed by atoms with Crippen LogP contribution in [0.25, 0.3) is 0 Å². The van der Waals surface area contributed by atoms with Crippen molar-refractivity contribution in [3.63, 3.8) is 0 Å². The molecule has 1 N–H and O–H groups in total. The lowest BCUT2D eigenvalue weighted by molar-refractivity contribution is 0.0252. The minimum Gasteiger partial charge on any atom is -0.396 e. The Labute approximate surface area is 97.9 Å². The summed E-state index contributed by atoms with van der Waals surface area (Å²) in [5.74, 6) is 0.402. The Morgan fingerprint density at radius 2 is 2.12 bits per heavy atom. The van der Waals surface area contributed by atoms with Crippen molar-refractivity contribution in [2.45, 2.75) is 39.2 Å². The van der Waals surface area contributed by atoms with Crippen LogP contribution in [0.15, 0.2) is 0 Å². The van der Waals surface area contributed by atoms with Gasteiger partial charge in [-0.25, -0.2) is 8.42 Å². The Bertz CT molecular complexity index is 312. The van der Waals surface area contributed by atoms with Gasteiger partial charge in [-0.15, -0.1) is 0 Å². The molecule has 0 aromatic carbocycles. The second kappa shape index (κ2) is 5.47. The average Bonchev–Trinajstić information content (AvgIpc) is 2.58. The molecule has 5 heteroatoms. The first kappa shape index (κ1) is 13.9. The molecule has 1 rings (SSSR count). The average molecular weight is 250 g/mol. The molecule has 16 heavy (non-hydrogen) atoms. The van der Waals surface area contributed by atoms with E-state index in [1.807, 2.05) is 13.8 Å². The van der Waals surface area contributed by atoms with Crippen molar-refractivity contribution < 1.29 is 18.3 Å². The van der Waals surface area contributed by atoms with E-state index in [0.29, 0.717) is 19.4 Å². The van der Waals surface area contributed by atoms with E-state index in [0.717, 1.165) is 6.42 Å². The Morgan fingerprint density at radius 3 is 2.56 bits per heavy atom. The second-order valence-corrected chi connectivity index (χ2v) is 6.99. The number of aliphatic hydroxyl groups is 1. The second-order valence-electron chi connectivity index (χ2n) is 4.69. The number of aliphatic hydroxyl groups excluding tert-OH is 1. The van der Waals surface area contributed by atoms with E-state index in [-0.39, 0.29) is 29.6 Å². The van der Waals surface area contributed by atoms with Crippen molar-refractivity contribution in [2.75, 3.05) is 24.7 Å². The molecule has 1 fully saturated rings. The lowest BCUT2D eigenvalue weighted by Crippen LogP contribution is -2.35. The molecule has 1 saturated heterocycles. The van der Waals surface area contributed by atoms with Gasteiger partial charge in [-0.05, 0) is 26.2 Å². The van der Waals surface area contributed by atoms with Crippen LogP contribution in [0.2, 0.25) is 0 Å². The van der Waals surface area contributed by atoms with Gasteiger partial charge in [-0.1, -0.05) is 6.92 Å². The van der Waals surface area contributed by atoms with Crippen LogP contribution >= 0.6 is 0 Å². The maximum atomic E-state index is 11.6. The van der Waals surface area contributed by atoms with Crippen molar-refractivity contribution in [2.24, 2.45) is 5.41 Å². The molecule has 0 aromatic rings. The Kier molecular flexibility index (Phi) is 4.76. The van der Waals surface area contributed by atoms with Crippen LogP contribution in [-0.4, -0.2) is 44.3 Å². The zero-order valence-electron chi connectivity index (χ0n) is 10.1. The predicted octanol–water partition coefficient (Wildman–Crippen LogP) is 0.989. The quantitative estimate of drug-likeness (QED) is 0.763. The predicted molar refractivity (Wildman–Crippen MR) is 63.1 cm³/mol. The molecule has 0 aliphatic carbocycles. The van der Waals surface area contributed by atoms with Gasteiger partial charge < -0.3 is 9.84 Å². The van der Waals surface area contributed by atoms with Crippen LogP contribution < -0.4 is 0 Å². The molecule has 0 spiro atoms. The Balaban J connectivity index is 2.59. The van der Waals surface area contributed by atoms with Crippen molar-refractivity contribution in [3.8, 4) is 0 Å². The van der Waals surface area contributed by atoms with Crippen LogP contribution in [0.5, 0.6) is 0 Å². The molecule has 1 aliphatic rings. The van der Waals surface area contributed by atoms with Gasteiger partial charge in [0.1, 0.15) is 9.84 Å². The minimum absolute atomic E-state index is 0.00973. The summed E-state index contributed by atoms with van der Waals surface area (Å²) in [4.78, 5) is 0. The summed E-state index contributed by atoms with van der Waals surface area (Å²) in [5.41, 5.74) is -0.346. The normalized spacial score (nSPS) is 30.8. The van der Waals surface area contributed by atoms with Crippen molar-refractivity contribution >= 4 is 9.84 Å². The lowest BCUT2D eigenvalue weighted by atomic mass is 9.80. The standard InChI is InChI=1S/C11H22O4S/c1-3-7-16(13,14)8-5-11(9-12)4-6-15-10(11)2/h10,12H,3-9H2,1-2H3. The Hall–Kier alpha value is -0.130. The SMILES string of the molecule is CCCS(=O)(=O)CCC1(CO)CCOC1C. The van der Waals surface area contributed by atoms with Crippen molar-refractivity contribution in [1.29, 1.82) is 0 Å². The summed E-state index contributed by atoms with van der Waals surface area (Å²) >= 11 is 0. The third-order valence-corrected chi connectivity index (χ3v) is 5.43. The fraction of sp³-hybridized carbons (Fsp3) is 1.00. The summed E-state index contributed by atoms with van der Waals surface area (Å²) < 4.78 is 28.7. The zero-order chi connectivity index (χ0) is 12.2. The minimum atomic E-state index is -2.96. The third kappa shape index (κ3) is 3.18. The fourth-order valence-corrected chi connectivity index (χ4v) is 3.75. The molecular formula is C11H22O4S. The fourth-order valence-electron chi connectivity index (χ4n) is 2.21. The maximum Gasteiger partial charge on any atom is 0.150 e. The van der Waals surface area contributed by atoms with E-state index in [1.54, 1.807) is 0 Å². The summed E-state index contributed by atoms with van der Waals surface area (Å²) in [6.07, 6.45) is 1.87. The van der Waals surface area contributed by atoms with Crippen LogP contribution in [-0.2, 0) is 14.6 Å². The summed E-state index contributed by atoms with van der Waals surface area (Å²) in [6.45, 7) is 4.40. The van der Waals surface area contributed by atoms with Crippen LogP contribution in [0, 0.1) is 5.41 Å². The monoisotopic (exact) mass is 250 g/mol. The van der Waals surface area contributed by atoms with Gasteiger partial charge in [0.05, 0.1) is 18.5 Å². The molecular weight excluding hydrogens is 228 g/mol. The van der Waals surface area contributed by atoms with Crippen LogP contribution in [0.1, 0.15) is 33.1 Å². The molecule has 2 atom stereocenters. The van der Waals surface area contributed by atoms with Crippen LogP contribution in [0.3, 0.4) is 0 Å². The topological polar surface area (TPSA) is 63.6 Å². The van der Waals surface area contributed by atoms with Crippen LogP contribution in [0.4, 0.5) is 0 Å². The van der Waals surface area contributed by atoms with Crippen molar-refractivity contribution in [3.05, 3.63) is 0 Å². The third-order valence-electron chi connectivity index (χ3n) is 3.57. The van der Waals surface area contributed by atoms with Gasteiger partial charge in [0.15, 0.2) is 0 Å².